The Bertz CT molecular complexity index is 1220. The van der Waals surface area contributed by atoms with Crippen molar-refractivity contribution in [1.29, 1.82) is 0 Å². The lowest BCUT2D eigenvalue weighted by Gasteiger charge is -2.11. The average Bonchev–Trinajstić information content (AvgIpc) is 3.20. The summed E-state index contributed by atoms with van der Waals surface area (Å²) in [6, 6.07) is 23.6. The molecule has 4 aromatic rings. The first-order chi connectivity index (χ1) is 15.6. The lowest BCUT2D eigenvalue weighted by molar-refractivity contribution is -0.118. The number of thioether (sulfide) groups is 1. The minimum atomic E-state index is -0.372. The second kappa shape index (κ2) is 10.4. The summed E-state index contributed by atoms with van der Waals surface area (Å²) in [5.41, 5.74) is 2.24. The number of hydrogen-bond acceptors (Lipinski definition) is 4. The molecule has 0 saturated carbocycles. The number of carbonyl (C=O) groups excluding carboxylic acids is 1. The van der Waals surface area contributed by atoms with Crippen molar-refractivity contribution in [2.24, 2.45) is 0 Å². The van der Waals surface area contributed by atoms with E-state index in [2.05, 4.69) is 15.5 Å². The van der Waals surface area contributed by atoms with E-state index in [0.29, 0.717) is 34.7 Å². The fourth-order valence-corrected chi connectivity index (χ4v) is 4.13. The number of rotatable bonds is 8. The van der Waals surface area contributed by atoms with Gasteiger partial charge >= 0.3 is 0 Å². The zero-order valence-corrected chi connectivity index (χ0v) is 18.6. The molecule has 32 heavy (non-hydrogen) atoms. The maximum Gasteiger partial charge on any atom is 0.230 e. The van der Waals surface area contributed by atoms with Crippen LogP contribution in [0, 0.1) is 5.82 Å². The molecule has 0 saturated heterocycles. The summed E-state index contributed by atoms with van der Waals surface area (Å²) in [5.74, 6) is 0.0417. The van der Waals surface area contributed by atoms with Gasteiger partial charge in [0.15, 0.2) is 11.0 Å². The summed E-state index contributed by atoms with van der Waals surface area (Å²) in [4.78, 5) is 12.4. The van der Waals surface area contributed by atoms with E-state index in [4.69, 9.17) is 11.6 Å². The van der Waals surface area contributed by atoms with E-state index >= 15 is 0 Å². The van der Waals surface area contributed by atoms with Crippen LogP contribution in [0.15, 0.2) is 84.0 Å². The molecule has 3 aromatic carbocycles. The molecular formula is C24H20ClFN4OS. The number of aromatic nitrogens is 3. The van der Waals surface area contributed by atoms with Gasteiger partial charge in [-0.25, -0.2) is 4.39 Å². The monoisotopic (exact) mass is 466 g/mol. The Morgan fingerprint density at radius 1 is 0.969 bits per heavy atom. The molecule has 8 heteroatoms. The Balaban J connectivity index is 1.51. The second-order valence-corrected chi connectivity index (χ2v) is 8.36. The van der Waals surface area contributed by atoms with E-state index < -0.39 is 0 Å². The van der Waals surface area contributed by atoms with Crippen LogP contribution in [0.1, 0.15) is 11.1 Å². The van der Waals surface area contributed by atoms with E-state index in [1.165, 1.54) is 17.8 Å². The molecular weight excluding hydrogens is 447 g/mol. The topological polar surface area (TPSA) is 59.8 Å². The molecule has 4 rings (SSSR count). The molecule has 1 aromatic heterocycles. The molecule has 0 aliphatic carbocycles. The molecule has 0 atom stereocenters. The van der Waals surface area contributed by atoms with Crippen molar-refractivity contribution >= 4 is 29.3 Å². The third kappa shape index (κ3) is 5.36. The standard InChI is InChI=1S/C24H20ClFN4OS/c25-20-12-6-4-10-18(20)14-27-22(31)16-32-24-29-28-23(19-11-5-7-13-21(19)26)30(24)15-17-8-2-1-3-9-17/h1-13H,14-16H2,(H,27,31). The minimum Gasteiger partial charge on any atom is -0.351 e. The quantitative estimate of drug-likeness (QED) is 0.363. The van der Waals surface area contributed by atoms with Gasteiger partial charge in [0.25, 0.3) is 0 Å². The Kier molecular flexibility index (Phi) is 7.19. The molecule has 1 N–H and O–H groups in total. The van der Waals surface area contributed by atoms with Crippen molar-refractivity contribution in [2.45, 2.75) is 18.2 Å². The van der Waals surface area contributed by atoms with Crippen molar-refractivity contribution in [2.75, 3.05) is 5.75 Å². The number of halogens is 2. The summed E-state index contributed by atoms with van der Waals surface area (Å²) >= 11 is 7.40. The smallest absolute Gasteiger partial charge is 0.230 e. The molecule has 5 nitrogen and oxygen atoms in total. The van der Waals surface area contributed by atoms with Gasteiger partial charge in [-0.2, -0.15) is 0 Å². The van der Waals surface area contributed by atoms with Crippen LogP contribution in [-0.2, 0) is 17.9 Å². The number of carbonyl (C=O) groups is 1. The van der Waals surface area contributed by atoms with E-state index in [-0.39, 0.29) is 17.5 Å². The average molecular weight is 467 g/mol. The summed E-state index contributed by atoms with van der Waals surface area (Å²) in [5, 5.41) is 12.5. The van der Waals surface area contributed by atoms with Crippen molar-refractivity contribution in [3.8, 4) is 11.4 Å². The van der Waals surface area contributed by atoms with E-state index in [1.54, 1.807) is 24.3 Å². The number of amides is 1. The normalized spacial score (nSPS) is 10.8. The molecule has 0 radical (unpaired) electrons. The molecule has 0 spiro atoms. The number of nitrogens with one attached hydrogen (secondary N) is 1. The van der Waals surface area contributed by atoms with Gasteiger partial charge in [-0.3, -0.25) is 9.36 Å². The maximum atomic E-state index is 14.4. The highest BCUT2D eigenvalue weighted by molar-refractivity contribution is 7.99. The van der Waals surface area contributed by atoms with Crippen molar-refractivity contribution < 1.29 is 9.18 Å². The van der Waals surface area contributed by atoms with E-state index in [0.717, 1.165) is 11.1 Å². The van der Waals surface area contributed by atoms with Crippen LogP contribution in [0.2, 0.25) is 5.02 Å². The summed E-state index contributed by atoms with van der Waals surface area (Å²) < 4.78 is 16.3. The zero-order valence-electron chi connectivity index (χ0n) is 17.0. The Morgan fingerprint density at radius 3 is 2.47 bits per heavy atom. The molecule has 1 amide bonds. The molecule has 162 valence electrons. The highest BCUT2D eigenvalue weighted by Crippen LogP contribution is 2.27. The van der Waals surface area contributed by atoms with Gasteiger partial charge < -0.3 is 5.32 Å². The predicted molar refractivity (Wildman–Crippen MR) is 125 cm³/mol. The first-order valence-electron chi connectivity index (χ1n) is 9.97. The zero-order chi connectivity index (χ0) is 22.3. The van der Waals surface area contributed by atoms with Gasteiger partial charge in [-0.05, 0) is 29.3 Å². The van der Waals surface area contributed by atoms with E-state index in [1.807, 2.05) is 53.1 Å². The van der Waals surface area contributed by atoms with Crippen molar-refractivity contribution in [1.82, 2.24) is 20.1 Å². The summed E-state index contributed by atoms with van der Waals surface area (Å²) in [6.07, 6.45) is 0. The highest BCUT2D eigenvalue weighted by atomic mass is 35.5. The van der Waals surface area contributed by atoms with E-state index in [9.17, 15) is 9.18 Å². The molecule has 0 bridgehead atoms. The van der Waals surface area contributed by atoms with Crippen molar-refractivity contribution in [3.05, 3.63) is 101 Å². The minimum absolute atomic E-state index is 0.147. The van der Waals surface area contributed by atoms with Gasteiger partial charge in [-0.15, -0.1) is 10.2 Å². The number of nitrogens with zero attached hydrogens (tertiary/aromatic N) is 3. The van der Waals surface area contributed by atoms with Crippen LogP contribution in [0.3, 0.4) is 0 Å². The third-order valence-corrected chi connectivity index (χ3v) is 6.12. The summed E-state index contributed by atoms with van der Waals surface area (Å²) in [7, 11) is 0. The first-order valence-corrected chi connectivity index (χ1v) is 11.3. The largest absolute Gasteiger partial charge is 0.351 e. The van der Waals surface area contributed by atoms with Crippen molar-refractivity contribution in [3.63, 3.8) is 0 Å². The molecule has 0 fully saturated rings. The Labute approximate surface area is 194 Å². The van der Waals surface area contributed by atoms with Gasteiger partial charge in [0, 0.05) is 11.6 Å². The lowest BCUT2D eigenvalue weighted by Crippen LogP contribution is -2.24. The van der Waals surface area contributed by atoms with Crippen LogP contribution in [0.25, 0.3) is 11.4 Å². The highest BCUT2D eigenvalue weighted by Gasteiger charge is 2.18. The molecule has 1 heterocycles. The van der Waals surface area contributed by atoms with Crippen LogP contribution in [0.5, 0.6) is 0 Å². The Hall–Kier alpha value is -3.16. The molecule has 0 aliphatic heterocycles. The van der Waals surface area contributed by atoms with Gasteiger partial charge in [0.05, 0.1) is 17.9 Å². The SMILES string of the molecule is O=C(CSc1nnc(-c2ccccc2F)n1Cc1ccccc1)NCc1ccccc1Cl. The van der Waals surface area contributed by atoms with Crippen LogP contribution in [0.4, 0.5) is 4.39 Å². The fraction of sp³-hybridized carbons (Fsp3) is 0.125. The van der Waals surface area contributed by atoms with Crippen LogP contribution in [-0.4, -0.2) is 26.4 Å². The predicted octanol–water partition coefficient (Wildman–Crippen LogP) is 5.19. The third-order valence-electron chi connectivity index (χ3n) is 4.78. The first kappa shape index (κ1) is 22.0. The summed E-state index contributed by atoms with van der Waals surface area (Å²) in [6.45, 7) is 0.803. The number of benzene rings is 3. The van der Waals surface area contributed by atoms with Crippen LogP contribution < -0.4 is 5.32 Å². The lowest BCUT2D eigenvalue weighted by atomic mass is 10.2. The second-order valence-electron chi connectivity index (χ2n) is 7.01. The number of hydrogen-bond donors (Lipinski definition) is 1. The molecule has 0 aliphatic rings. The fourth-order valence-electron chi connectivity index (χ4n) is 3.16. The Morgan fingerprint density at radius 2 is 1.69 bits per heavy atom. The maximum absolute atomic E-state index is 14.4. The molecule has 0 unspecified atom stereocenters. The van der Waals surface area contributed by atoms with Crippen LogP contribution >= 0.6 is 23.4 Å². The van der Waals surface area contributed by atoms with Gasteiger partial charge in [0.1, 0.15) is 5.82 Å². The van der Waals surface area contributed by atoms with Gasteiger partial charge in [0.2, 0.25) is 5.91 Å². The van der Waals surface area contributed by atoms with Gasteiger partial charge in [-0.1, -0.05) is 84.0 Å².